The first-order valence-electron chi connectivity index (χ1n) is 5.38. The molecule has 1 aromatic heterocycles. The maximum Gasteiger partial charge on any atom is 0.273 e. The van der Waals surface area contributed by atoms with E-state index in [9.17, 15) is 19.7 Å². The summed E-state index contributed by atoms with van der Waals surface area (Å²) in [5, 5.41) is 9.56. The third-order valence-corrected chi connectivity index (χ3v) is 3.07. The van der Waals surface area contributed by atoms with Gasteiger partial charge in [0.25, 0.3) is 5.69 Å². The van der Waals surface area contributed by atoms with Crippen molar-refractivity contribution in [2.45, 2.75) is 12.3 Å². The lowest BCUT2D eigenvalue weighted by molar-refractivity contribution is -0.384. The number of hydrogen-bond donors (Lipinski definition) is 2. The van der Waals surface area contributed by atoms with Gasteiger partial charge in [0, 0.05) is 12.5 Å². The van der Waals surface area contributed by atoms with Crippen LogP contribution in [0.25, 0.3) is 11.1 Å². The van der Waals surface area contributed by atoms with Crippen LogP contribution in [0.3, 0.4) is 0 Å². The molecule has 104 valence electrons. The van der Waals surface area contributed by atoms with Gasteiger partial charge in [0.2, 0.25) is 5.89 Å². The number of oxazole rings is 1. The van der Waals surface area contributed by atoms with Gasteiger partial charge in [-0.25, -0.2) is 4.98 Å². The second-order valence-electron chi connectivity index (χ2n) is 3.95. The molecule has 0 N–H and O–H groups in total. The Balaban J connectivity index is 2.46. The van der Waals surface area contributed by atoms with E-state index in [0.29, 0.717) is 5.52 Å². The third kappa shape index (κ3) is 2.99. The van der Waals surface area contributed by atoms with Crippen molar-refractivity contribution in [2.24, 2.45) is 0 Å². The van der Waals surface area contributed by atoms with Crippen molar-refractivity contribution in [1.82, 2.24) is 4.98 Å². The molecule has 0 aliphatic carbocycles. The van der Waals surface area contributed by atoms with Gasteiger partial charge in [-0.15, -0.1) is 25.3 Å². The van der Waals surface area contributed by atoms with Crippen molar-refractivity contribution in [3.63, 3.8) is 0 Å². The molecule has 0 amide bonds. The molecule has 2 rings (SSSR count). The van der Waals surface area contributed by atoms with Crippen LogP contribution in [0.1, 0.15) is 18.2 Å². The number of thiol groups is 2. The molecular weight excluding hydrogens is 304 g/mol. The van der Waals surface area contributed by atoms with Crippen molar-refractivity contribution >= 4 is 52.3 Å². The van der Waals surface area contributed by atoms with E-state index < -0.39 is 21.1 Å². The summed E-state index contributed by atoms with van der Waals surface area (Å²) >= 11 is 7.28. The van der Waals surface area contributed by atoms with Crippen LogP contribution in [0.5, 0.6) is 0 Å². The molecule has 0 saturated heterocycles. The summed E-state index contributed by atoms with van der Waals surface area (Å²) in [6, 6.07) is 3.88. The Morgan fingerprint density at radius 2 is 2.10 bits per heavy atom. The van der Waals surface area contributed by atoms with Gasteiger partial charge in [0.05, 0.1) is 11.0 Å². The molecule has 1 heterocycles. The quantitative estimate of drug-likeness (QED) is 0.498. The summed E-state index contributed by atoms with van der Waals surface area (Å²) in [5.74, 6) is -0.974. The number of hydrogen-bond acceptors (Lipinski definition) is 6. The van der Waals surface area contributed by atoms with E-state index >= 15 is 0 Å². The number of fused-ring (bicyclic) bond motifs is 1. The maximum absolute atomic E-state index is 11.4. The minimum absolute atomic E-state index is 0.0112. The minimum atomic E-state index is -0.963. The van der Waals surface area contributed by atoms with E-state index in [1.54, 1.807) is 0 Å². The van der Waals surface area contributed by atoms with Gasteiger partial charge in [-0.1, -0.05) is 0 Å². The zero-order valence-electron chi connectivity index (χ0n) is 9.85. The van der Waals surface area contributed by atoms with Crippen LogP contribution in [0.4, 0.5) is 5.69 Å². The lowest BCUT2D eigenvalue weighted by atomic mass is 10.1. The van der Waals surface area contributed by atoms with Gasteiger partial charge < -0.3 is 4.42 Å². The van der Waals surface area contributed by atoms with Crippen molar-refractivity contribution in [2.75, 3.05) is 0 Å². The number of nitrogens with zero attached hydrogens (tertiary/aromatic N) is 2. The van der Waals surface area contributed by atoms with Gasteiger partial charge >= 0.3 is 0 Å². The van der Waals surface area contributed by atoms with Crippen molar-refractivity contribution < 1.29 is 18.9 Å². The average Bonchev–Trinajstić information content (AvgIpc) is 2.77. The molecule has 0 bridgehead atoms. The number of nitro benzene ring substituents is 1. The summed E-state index contributed by atoms with van der Waals surface area (Å²) in [4.78, 5) is 36.5. The van der Waals surface area contributed by atoms with E-state index in [0.717, 1.165) is 0 Å². The molecule has 7 nitrogen and oxygen atoms in total. The highest BCUT2D eigenvalue weighted by Gasteiger charge is 2.26. The Hall–Kier alpha value is -1.87. The molecule has 20 heavy (non-hydrogen) atoms. The second-order valence-corrected chi connectivity index (χ2v) is 4.89. The summed E-state index contributed by atoms with van der Waals surface area (Å²) in [5.41, 5.74) is 0.372. The fourth-order valence-electron chi connectivity index (χ4n) is 1.65. The second kappa shape index (κ2) is 5.63. The summed E-state index contributed by atoms with van der Waals surface area (Å²) in [7, 11) is 0. The molecule has 0 aliphatic heterocycles. The van der Waals surface area contributed by atoms with Gasteiger partial charge in [0.15, 0.2) is 15.8 Å². The number of benzene rings is 1. The number of non-ortho nitro benzene ring substituents is 1. The standard InChI is InChI=1S/C11H8N2O5S2/c14-9(19)4-6(11(15)20)10-12-7-2-1-5(13(16)17)3-8(7)18-10/h1-3,6H,4H2,(H,14,19)(H,15,20). The first-order valence-corrected chi connectivity index (χ1v) is 6.27. The highest BCUT2D eigenvalue weighted by atomic mass is 32.1. The largest absolute Gasteiger partial charge is 0.440 e. The summed E-state index contributed by atoms with van der Waals surface area (Å²) in [6.45, 7) is 0. The summed E-state index contributed by atoms with van der Waals surface area (Å²) in [6.07, 6.45) is -0.208. The van der Waals surface area contributed by atoms with E-state index in [1.165, 1.54) is 18.2 Å². The Labute approximate surface area is 123 Å². The number of carbonyl (C=O) groups excluding carboxylic acids is 2. The first-order chi connectivity index (χ1) is 9.38. The third-order valence-electron chi connectivity index (χ3n) is 2.57. The fourth-order valence-corrected chi connectivity index (χ4v) is 2.03. The van der Waals surface area contributed by atoms with Gasteiger partial charge in [-0.2, -0.15) is 0 Å². The highest BCUT2D eigenvalue weighted by Crippen LogP contribution is 2.28. The Morgan fingerprint density at radius 1 is 1.40 bits per heavy atom. The molecule has 0 aliphatic rings. The van der Waals surface area contributed by atoms with Crippen molar-refractivity contribution in [1.29, 1.82) is 0 Å². The Bertz CT molecular complexity index is 712. The van der Waals surface area contributed by atoms with Crippen molar-refractivity contribution in [3.05, 3.63) is 34.2 Å². The normalized spacial score (nSPS) is 12.3. The highest BCUT2D eigenvalue weighted by molar-refractivity contribution is 7.97. The topological polar surface area (TPSA) is 103 Å². The number of carbonyl (C=O) groups is 2. The van der Waals surface area contributed by atoms with Crippen LogP contribution in [-0.2, 0) is 9.59 Å². The molecule has 1 atom stereocenters. The van der Waals surface area contributed by atoms with Crippen LogP contribution in [-0.4, -0.2) is 20.1 Å². The number of aromatic nitrogens is 1. The smallest absolute Gasteiger partial charge is 0.273 e. The minimum Gasteiger partial charge on any atom is -0.440 e. The Morgan fingerprint density at radius 3 is 2.65 bits per heavy atom. The first kappa shape index (κ1) is 14.5. The van der Waals surface area contributed by atoms with Gasteiger partial charge in [0.1, 0.15) is 11.4 Å². The molecular formula is C11H8N2O5S2. The van der Waals surface area contributed by atoms with Crippen LogP contribution in [0.15, 0.2) is 22.6 Å². The molecule has 1 unspecified atom stereocenters. The predicted molar refractivity (Wildman–Crippen MR) is 76.0 cm³/mol. The van der Waals surface area contributed by atoms with Gasteiger partial charge in [-0.3, -0.25) is 19.7 Å². The molecule has 0 saturated carbocycles. The average molecular weight is 312 g/mol. The van der Waals surface area contributed by atoms with E-state index in [2.05, 4.69) is 30.2 Å². The van der Waals surface area contributed by atoms with Crippen LogP contribution < -0.4 is 0 Å². The molecule has 1 aromatic carbocycles. The zero-order valence-corrected chi connectivity index (χ0v) is 11.6. The van der Waals surface area contributed by atoms with Gasteiger partial charge in [-0.05, 0) is 6.07 Å². The van der Waals surface area contributed by atoms with E-state index in [-0.39, 0.29) is 23.6 Å². The lowest BCUT2D eigenvalue weighted by Crippen LogP contribution is -2.10. The monoisotopic (exact) mass is 312 g/mol. The summed E-state index contributed by atoms with van der Waals surface area (Å²) < 4.78 is 5.31. The number of nitro groups is 1. The molecule has 0 spiro atoms. The lowest BCUT2D eigenvalue weighted by Gasteiger charge is -2.05. The number of rotatable bonds is 5. The zero-order chi connectivity index (χ0) is 14.9. The molecule has 0 radical (unpaired) electrons. The molecule has 0 fully saturated rings. The SMILES string of the molecule is O=C(S)CC(C(=O)S)c1nc2ccc([N+](=O)[O-])cc2o1. The molecule has 9 heteroatoms. The maximum atomic E-state index is 11.4. The van der Waals surface area contributed by atoms with Crippen LogP contribution in [0, 0.1) is 10.1 Å². The van der Waals surface area contributed by atoms with E-state index in [4.69, 9.17) is 4.42 Å². The fraction of sp³-hybridized carbons (Fsp3) is 0.182. The van der Waals surface area contributed by atoms with Crippen molar-refractivity contribution in [3.8, 4) is 0 Å². The van der Waals surface area contributed by atoms with E-state index in [1.807, 2.05) is 0 Å². The van der Waals surface area contributed by atoms with Crippen LogP contribution >= 0.6 is 25.3 Å². The van der Waals surface area contributed by atoms with Crippen LogP contribution in [0.2, 0.25) is 0 Å². The predicted octanol–water partition coefficient (Wildman–Crippen LogP) is 2.12. The molecule has 2 aromatic rings. The Kier molecular flexibility index (Phi) is 4.09.